The van der Waals surface area contributed by atoms with Crippen LogP contribution in [0.5, 0.6) is 0 Å². The van der Waals surface area contributed by atoms with Crippen molar-refractivity contribution in [3.8, 4) is 0 Å². The molecule has 1 aliphatic carbocycles. The molecule has 0 amide bonds. The molecular formula is C24H18FN5. The summed E-state index contributed by atoms with van der Waals surface area (Å²) in [6, 6.07) is 23.0. The van der Waals surface area contributed by atoms with E-state index in [4.69, 9.17) is 9.97 Å². The molecule has 0 bridgehead atoms. The van der Waals surface area contributed by atoms with Crippen molar-refractivity contribution >= 4 is 33.4 Å². The van der Waals surface area contributed by atoms with Gasteiger partial charge in [0, 0.05) is 16.7 Å². The maximum atomic E-state index is 13.8. The molecule has 1 fully saturated rings. The second-order valence-corrected chi connectivity index (χ2v) is 7.69. The number of nitrogens with one attached hydrogen (secondary N) is 2. The van der Waals surface area contributed by atoms with Crippen molar-refractivity contribution in [3.63, 3.8) is 0 Å². The summed E-state index contributed by atoms with van der Waals surface area (Å²) in [5, 5.41) is 12.2. The third-order valence-electron chi connectivity index (χ3n) is 5.73. The molecule has 0 radical (unpaired) electrons. The summed E-state index contributed by atoms with van der Waals surface area (Å²) >= 11 is 0. The number of anilines is 2. The Balaban J connectivity index is 1.42. The highest BCUT2D eigenvalue weighted by atomic mass is 19.1. The Morgan fingerprint density at radius 2 is 1.67 bits per heavy atom. The zero-order chi connectivity index (χ0) is 20.1. The largest absolute Gasteiger partial charge is 0.322 e. The third-order valence-corrected chi connectivity index (χ3v) is 5.73. The first-order valence-electron chi connectivity index (χ1n) is 9.98. The van der Waals surface area contributed by atoms with Crippen LogP contribution in [0.3, 0.4) is 0 Å². The average molecular weight is 395 g/mol. The normalized spacial score (nSPS) is 18.0. The predicted molar refractivity (Wildman–Crippen MR) is 115 cm³/mol. The molecule has 0 aliphatic heterocycles. The standard InChI is InChI=1S/C24H18FN5/c25-15-10-11-21-19(12-15)24(30-29-21)28-22-16-8-4-5-9-20(16)26-23(27-22)18-13-17(18)14-6-2-1-3-7-14/h1-12,17-18H,13H2,(H2,26,27,28,29,30). The SMILES string of the molecule is Fc1ccc2[nH]nc(Nc3nc(C4CC4c4ccccc4)nc4ccccc34)c2c1. The number of nitrogens with zero attached hydrogens (tertiary/aromatic N) is 3. The van der Waals surface area contributed by atoms with Gasteiger partial charge in [0.25, 0.3) is 0 Å². The molecule has 6 rings (SSSR count). The molecule has 2 N–H and O–H groups in total. The van der Waals surface area contributed by atoms with Gasteiger partial charge in [-0.1, -0.05) is 42.5 Å². The Hall–Kier alpha value is -3.80. The van der Waals surface area contributed by atoms with E-state index in [9.17, 15) is 4.39 Å². The summed E-state index contributed by atoms with van der Waals surface area (Å²) in [5.41, 5.74) is 2.97. The Labute approximate surface area is 172 Å². The maximum absolute atomic E-state index is 13.8. The molecule has 5 nitrogen and oxygen atoms in total. The lowest BCUT2D eigenvalue weighted by molar-refractivity contribution is 0.630. The molecule has 6 heteroatoms. The van der Waals surface area contributed by atoms with E-state index in [1.165, 1.54) is 17.7 Å². The number of benzene rings is 3. The molecule has 2 heterocycles. The van der Waals surface area contributed by atoms with Crippen LogP contribution in [0.4, 0.5) is 16.0 Å². The van der Waals surface area contributed by atoms with E-state index in [1.54, 1.807) is 6.07 Å². The van der Waals surface area contributed by atoms with Crippen LogP contribution < -0.4 is 5.32 Å². The van der Waals surface area contributed by atoms with Gasteiger partial charge in [0.2, 0.25) is 0 Å². The number of H-pyrrole nitrogens is 1. The quantitative estimate of drug-likeness (QED) is 0.412. The van der Waals surface area contributed by atoms with Crippen molar-refractivity contribution in [2.45, 2.75) is 18.3 Å². The van der Waals surface area contributed by atoms with Crippen molar-refractivity contribution < 1.29 is 4.39 Å². The topological polar surface area (TPSA) is 66.5 Å². The maximum Gasteiger partial charge on any atom is 0.161 e. The summed E-state index contributed by atoms with van der Waals surface area (Å²) in [6.07, 6.45) is 1.04. The molecule has 3 aromatic carbocycles. The van der Waals surface area contributed by atoms with Gasteiger partial charge in [0.05, 0.1) is 11.0 Å². The Bertz CT molecular complexity index is 1380. The van der Waals surface area contributed by atoms with Crippen LogP contribution in [0.25, 0.3) is 21.8 Å². The number of aromatic amines is 1. The molecular weight excluding hydrogens is 377 g/mol. The Morgan fingerprint density at radius 1 is 0.833 bits per heavy atom. The van der Waals surface area contributed by atoms with Crippen LogP contribution in [0.15, 0.2) is 72.8 Å². The number of para-hydroxylation sites is 1. The van der Waals surface area contributed by atoms with Gasteiger partial charge in [0.1, 0.15) is 17.5 Å². The van der Waals surface area contributed by atoms with Gasteiger partial charge in [-0.05, 0) is 48.2 Å². The van der Waals surface area contributed by atoms with Gasteiger partial charge in [-0.15, -0.1) is 0 Å². The number of aromatic nitrogens is 4. The first kappa shape index (κ1) is 17.1. The zero-order valence-electron chi connectivity index (χ0n) is 16.0. The minimum atomic E-state index is -0.302. The van der Waals surface area contributed by atoms with Crippen LogP contribution in [-0.4, -0.2) is 20.2 Å². The van der Waals surface area contributed by atoms with Gasteiger partial charge in [0.15, 0.2) is 5.82 Å². The molecule has 5 aromatic rings. The van der Waals surface area contributed by atoms with Crippen LogP contribution in [0.2, 0.25) is 0 Å². The second-order valence-electron chi connectivity index (χ2n) is 7.69. The van der Waals surface area contributed by atoms with Gasteiger partial charge in [-0.2, -0.15) is 5.10 Å². The van der Waals surface area contributed by atoms with Crippen molar-refractivity contribution in [2.24, 2.45) is 0 Å². The lowest BCUT2D eigenvalue weighted by Crippen LogP contribution is -2.02. The van der Waals surface area contributed by atoms with E-state index in [0.717, 1.165) is 28.7 Å². The van der Waals surface area contributed by atoms with Crippen LogP contribution in [-0.2, 0) is 0 Å². The highest BCUT2D eigenvalue weighted by Gasteiger charge is 2.42. The Morgan fingerprint density at radius 3 is 2.57 bits per heavy atom. The summed E-state index contributed by atoms with van der Waals surface area (Å²) in [7, 11) is 0. The highest BCUT2D eigenvalue weighted by Crippen LogP contribution is 2.53. The number of halogens is 1. The lowest BCUT2D eigenvalue weighted by Gasteiger charge is -2.10. The fourth-order valence-corrected chi connectivity index (χ4v) is 4.10. The van der Waals surface area contributed by atoms with E-state index in [1.807, 2.05) is 30.3 Å². The van der Waals surface area contributed by atoms with Crippen molar-refractivity contribution in [1.82, 2.24) is 20.2 Å². The fraction of sp³-hybridized carbons (Fsp3) is 0.125. The lowest BCUT2D eigenvalue weighted by atomic mass is 10.1. The summed E-state index contributed by atoms with van der Waals surface area (Å²) in [6.45, 7) is 0. The third kappa shape index (κ3) is 2.88. The van der Waals surface area contributed by atoms with E-state index >= 15 is 0 Å². The van der Waals surface area contributed by atoms with Gasteiger partial charge in [-0.25, -0.2) is 14.4 Å². The van der Waals surface area contributed by atoms with E-state index in [-0.39, 0.29) is 5.82 Å². The van der Waals surface area contributed by atoms with Crippen molar-refractivity contribution in [3.05, 3.63) is 90.0 Å². The smallest absolute Gasteiger partial charge is 0.161 e. The van der Waals surface area contributed by atoms with E-state index in [0.29, 0.717) is 28.9 Å². The fourth-order valence-electron chi connectivity index (χ4n) is 4.10. The summed E-state index contributed by atoms with van der Waals surface area (Å²) < 4.78 is 13.8. The van der Waals surface area contributed by atoms with Crippen LogP contribution in [0.1, 0.15) is 29.6 Å². The first-order chi connectivity index (χ1) is 14.8. The minimum absolute atomic E-state index is 0.297. The molecule has 2 atom stereocenters. The summed E-state index contributed by atoms with van der Waals surface area (Å²) in [4.78, 5) is 9.71. The highest BCUT2D eigenvalue weighted by molar-refractivity contribution is 5.96. The van der Waals surface area contributed by atoms with E-state index < -0.39 is 0 Å². The Kier molecular flexibility index (Phi) is 3.77. The summed E-state index contributed by atoms with van der Waals surface area (Å²) in [5.74, 6) is 2.51. The van der Waals surface area contributed by atoms with Crippen molar-refractivity contribution in [2.75, 3.05) is 5.32 Å². The van der Waals surface area contributed by atoms with Crippen LogP contribution >= 0.6 is 0 Å². The molecule has 0 saturated heterocycles. The molecule has 2 aromatic heterocycles. The molecule has 30 heavy (non-hydrogen) atoms. The van der Waals surface area contributed by atoms with Crippen molar-refractivity contribution in [1.29, 1.82) is 0 Å². The average Bonchev–Trinajstić information content (AvgIpc) is 3.50. The molecule has 1 aliphatic rings. The second kappa shape index (κ2) is 6.62. The number of hydrogen-bond acceptors (Lipinski definition) is 4. The number of fused-ring (bicyclic) bond motifs is 2. The first-order valence-corrected chi connectivity index (χ1v) is 9.98. The monoisotopic (exact) mass is 395 g/mol. The minimum Gasteiger partial charge on any atom is -0.322 e. The predicted octanol–water partition coefficient (Wildman–Crippen LogP) is 5.66. The van der Waals surface area contributed by atoms with Gasteiger partial charge >= 0.3 is 0 Å². The molecule has 0 spiro atoms. The molecule has 2 unspecified atom stereocenters. The van der Waals surface area contributed by atoms with Gasteiger partial charge < -0.3 is 5.32 Å². The molecule has 1 saturated carbocycles. The van der Waals surface area contributed by atoms with Gasteiger partial charge in [-0.3, -0.25) is 5.10 Å². The number of hydrogen-bond donors (Lipinski definition) is 2. The molecule has 146 valence electrons. The number of rotatable bonds is 4. The van der Waals surface area contributed by atoms with Crippen LogP contribution in [0, 0.1) is 5.82 Å². The zero-order valence-corrected chi connectivity index (χ0v) is 16.0. The van der Waals surface area contributed by atoms with E-state index in [2.05, 4.69) is 39.8 Å².